The van der Waals surface area contributed by atoms with Gasteiger partial charge < -0.3 is 4.74 Å². The molecule has 6 nitrogen and oxygen atoms in total. The summed E-state index contributed by atoms with van der Waals surface area (Å²) in [6.07, 6.45) is -0.00931. The van der Waals surface area contributed by atoms with Gasteiger partial charge in [0.2, 0.25) is 0 Å². The summed E-state index contributed by atoms with van der Waals surface area (Å²) >= 11 is 0. The van der Waals surface area contributed by atoms with Crippen LogP contribution in [0.3, 0.4) is 0 Å². The van der Waals surface area contributed by atoms with Crippen molar-refractivity contribution in [1.29, 1.82) is 0 Å². The summed E-state index contributed by atoms with van der Waals surface area (Å²) in [7, 11) is 0. The Labute approximate surface area is 50.3 Å². The van der Waals surface area contributed by atoms with Crippen LogP contribution in [0.4, 0.5) is 0 Å². The molecule has 0 radical (unpaired) electrons. The number of epoxide rings is 1. The van der Waals surface area contributed by atoms with E-state index in [0.717, 1.165) is 0 Å². The molecule has 0 spiro atoms. The van der Waals surface area contributed by atoms with E-state index in [2.05, 4.69) is 14.6 Å². The van der Waals surface area contributed by atoms with Gasteiger partial charge in [-0.1, -0.05) is 0 Å². The first-order valence-corrected chi connectivity index (χ1v) is 2.34. The molecule has 1 fully saturated rings. The SMILES string of the molecule is O=[N+]([O-])OOCC1CO1. The first-order chi connectivity index (χ1) is 4.29. The molecule has 1 atom stereocenters. The Kier molecular flexibility index (Phi) is 1.81. The van der Waals surface area contributed by atoms with Crippen molar-refractivity contribution >= 4 is 0 Å². The van der Waals surface area contributed by atoms with Crippen LogP contribution < -0.4 is 0 Å². The lowest BCUT2D eigenvalue weighted by Gasteiger charge is -1.92. The number of ether oxygens (including phenoxy) is 1. The van der Waals surface area contributed by atoms with Gasteiger partial charge in [0.05, 0.1) is 6.61 Å². The molecule has 0 bridgehead atoms. The normalized spacial score (nSPS) is 23.3. The fourth-order valence-electron chi connectivity index (χ4n) is 0.314. The monoisotopic (exact) mass is 135 g/mol. The molecule has 6 heteroatoms. The maximum atomic E-state index is 9.42. The summed E-state index contributed by atoms with van der Waals surface area (Å²) in [4.78, 5) is 17.0. The summed E-state index contributed by atoms with van der Waals surface area (Å²) in [6.45, 7) is 0.724. The Morgan fingerprint density at radius 2 is 2.56 bits per heavy atom. The molecule has 0 aliphatic carbocycles. The van der Waals surface area contributed by atoms with Crippen LogP contribution >= 0.6 is 0 Å². The third kappa shape index (κ3) is 2.83. The Hall–Kier alpha value is -0.880. The van der Waals surface area contributed by atoms with Crippen molar-refractivity contribution in [3.05, 3.63) is 10.1 Å². The molecule has 9 heavy (non-hydrogen) atoms. The standard InChI is InChI=1S/C3H5NO5/c5-4(6)9-8-2-3-1-7-3/h3H,1-2H2. The van der Waals surface area contributed by atoms with Gasteiger partial charge in [-0.2, -0.15) is 4.89 Å². The molecule has 0 aromatic rings. The minimum absolute atomic E-state index is 0.00931. The largest absolute Gasteiger partial charge is 0.371 e. The number of nitrogens with zero attached hydrogens (tertiary/aromatic N) is 1. The highest BCUT2D eigenvalue weighted by molar-refractivity contribution is 4.65. The number of hydrogen-bond donors (Lipinski definition) is 0. The van der Waals surface area contributed by atoms with Gasteiger partial charge in [0.1, 0.15) is 12.7 Å². The van der Waals surface area contributed by atoms with Crippen molar-refractivity contribution in [2.24, 2.45) is 0 Å². The lowest BCUT2D eigenvalue weighted by Crippen LogP contribution is -2.06. The molecular formula is C3H5NO5. The van der Waals surface area contributed by atoms with E-state index in [4.69, 9.17) is 0 Å². The highest BCUT2D eigenvalue weighted by atomic mass is 17.3. The van der Waals surface area contributed by atoms with Crippen LogP contribution in [0.25, 0.3) is 0 Å². The topological polar surface area (TPSA) is 74.1 Å². The second-order valence-corrected chi connectivity index (χ2v) is 1.54. The van der Waals surface area contributed by atoms with E-state index in [1.165, 1.54) is 0 Å². The highest BCUT2D eigenvalue weighted by Gasteiger charge is 2.23. The van der Waals surface area contributed by atoms with Gasteiger partial charge in [-0.15, -0.1) is 15.1 Å². The summed E-state index contributed by atoms with van der Waals surface area (Å²) < 4.78 is 4.66. The zero-order valence-corrected chi connectivity index (χ0v) is 4.48. The summed E-state index contributed by atoms with van der Waals surface area (Å²) in [5.41, 5.74) is 0. The van der Waals surface area contributed by atoms with Crippen molar-refractivity contribution in [3.63, 3.8) is 0 Å². The molecule has 0 aromatic heterocycles. The van der Waals surface area contributed by atoms with Crippen molar-refractivity contribution in [1.82, 2.24) is 0 Å². The zero-order valence-electron chi connectivity index (χ0n) is 4.48. The minimum Gasteiger partial charge on any atom is -0.371 e. The van der Waals surface area contributed by atoms with Gasteiger partial charge in [-0.3, -0.25) is 0 Å². The third-order valence-electron chi connectivity index (χ3n) is 0.770. The quantitative estimate of drug-likeness (QED) is 0.225. The van der Waals surface area contributed by atoms with Crippen LogP contribution in [0.15, 0.2) is 0 Å². The van der Waals surface area contributed by atoms with Crippen LogP contribution in [0.5, 0.6) is 0 Å². The summed E-state index contributed by atoms with van der Waals surface area (Å²) in [6, 6.07) is 0. The van der Waals surface area contributed by atoms with Gasteiger partial charge in [0, 0.05) is 0 Å². The Bertz CT molecular complexity index is 111. The second kappa shape index (κ2) is 2.60. The highest BCUT2D eigenvalue weighted by Crippen LogP contribution is 2.08. The molecule has 1 aliphatic heterocycles. The maximum absolute atomic E-state index is 9.42. The third-order valence-corrected chi connectivity index (χ3v) is 0.770. The predicted octanol–water partition coefficient (Wildman–Crippen LogP) is -0.475. The smallest absolute Gasteiger partial charge is 0.322 e. The van der Waals surface area contributed by atoms with Crippen LogP contribution in [0.1, 0.15) is 0 Å². The molecule has 1 saturated heterocycles. The van der Waals surface area contributed by atoms with Gasteiger partial charge >= 0.3 is 5.09 Å². The second-order valence-electron chi connectivity index (χ2n) is 1.54. The Balaban J connectivity index is 1.86. The van der Waals surface area contributed by atoms with E-state index >= 15 is 0 Å². The first kappa shape index (κ1) is 6.24. The number of rotatable bonds is 4. The molecule has 1 unspecified atom stereocenters. The average molecular weight is 135 g/mol. The van der Waals surface area contributed by atoms with Gasteiger partial charge in [-0.25, -0.2) is 0 Å². The first-order valence-electron chi connectivity index (χ1n) is 2.34. The number of hydrogen-bond acceptors (Lipinski definition) is 5. The Morgan fingerprint density at radius 1 is 1.89 bits per heavy atom. The van der Waals surface area contributed by atoms with Crippen LogP contribution in [0, 0.1) is 10.1 Å². The molecule has 52 valence electrons. The molecular weight excluding hydrogens is 130 g/mol. The van der Waals surface area contributed by atoms with Gasteiger partial charge in [0.15, 0.2) is 0 Å². The summed E-state index contributed by atoms with van der Waals surface area (Å²) in [5, 5.41) is 8.41. The van der Waals surface area contributed by atoms with Crippen LogP contribution in [-0.4, -0.2) is 24.4 Å². The lowest BCUT2D eigenvalue weighted by molar-refractivity contribution is -0.850. The lowest BCUT2D eigenvalue weighted by atomic mass is 10.5. The van der Waals surface area contributed by atoms with E-state index in [1.807, 2.05) is 0 Å². The van der Waals surface area contributed by atoms with E-state index in [0.29, 0.717) is 6.61 Å². The Morgan fingerprint density at radius 3 is 3.00 bits per heavy atom. The minimum atomic E-state index is -1.01. The van der Waals surface area contributed by atoms with Crippen molar-refractivity contribution in [2.75, 3.05) is 13.2 Å². The fourth-order valence-corrected chi connectivity index (χ4v) is 0.314. The van der Waals surface area contributed by atoms with Crippen LogP contribution in [-0.2, 0) is 14.6 Å². The molecule has 1 heterocycles. The molecule has 1 rings (SSSR count). The van der Waals surface area contributed by atoms with Crippen molar-refractivity contribution in [2.45, 2.75) is 6.10 Å². The molecule has 0 N–H and O–H groups in total. The average Bonchev–Trinajstić information content (AvgIpc) is 2.48. The van der Waals surface area contributed by atoms with Crippen molar-refractivity contribution < 1.29 is 19.7 Å². The zero-order chi connectivity index (χ0) is 6.69. The summed E-state index contributed by atoms with van der Waals surface area (Å²) in [5.74, 6) is 0. The maximum Gasteiger partial charge on any atom is 0.322 e. The van der Waals surface area contributed by atoms with E-state index in [-0.39, 0.29) is 12.7 Å². The van der Waals surface area contributed by atoms with Crippen LogP contribution in [0.2, 0.25) is 0 Å². The fraction of sp³-hybridized carbons (Fsp3) is 1.00. The molecule has 0 saturated carbocycles. The predicted molar refractivity (Wildman–Crippen MR) is 23.8 cm³/mol. The van der Waals surface area contributed by atoms with Gasteiger partial charge in [0.25, 0.3) is 0 Å². The van der Waals surface area contributed by atoms with Gasteiger partial charge in [-0.05, 0) is 0 Å². The van der Waals surface area contributed by atoms with Crippen molar-refractivity contribution in [3.8, 4) is 0 Å². The molecule has 1 aliphatic rings. The molecule has 0 aromatic carbocycles. The van der Waals surface area contributed by atoms with E-state index in [1.54, 1.807) is 0 Å². The molecule has 0 amide bonds. The van der Waals surface area contributed by atoms with E-state index in [9.17, 15) is 10.1 Å². The van der Waals surface area contributed by atoms with E-state index < -0.39 is 5.09 Å².